The van der Waals surface area contributed by atoms with E-state index in [4.69, 9.17) is 0 Å². The van der Waals surface area contributed by atoms with Crippen molar-refractivity contribution in [3.63, 3.8) is 0 Å². The minimum atomic E-state index is 0.760. The highest BCUT2D eigenvalue weighted by Crippen LogP contribution is 2.08. The van der Waals surface area contributed by atoms with Crippen LogP contribution in [0.3, 0.4) is 0 Å². The Balaban J connectivity index is 1.93. The summed E-state index contributed by atoms with van der Waals surface area (Å²) in [5, 5.41) is 3.47. The molecule has 1 unspecified atom stereocenters. The first-order chi connectivity index (χ1) is 7.34. The molecule has 1 aromatic carbocycles. The molecular formula is C13H20N2. The van der Waals surface area contributed by atoms with Crippen LogP contribution in [0.2, 0.25) is 0 Å². The van der Waals surface area contributed by atoms with E-state index in [9.17, 15) is 0 Å². The van der Waals surface area contributed by atoms with Crippen LogP contribution in [-0.2, 0) is 6.54 Å². The molecule has 0 aliphatic carbocycles. The molecule has 1 aliphatic rings. The Labute approximate surface area is 92.3 Å². The molecule has 1 aromatic rings. The fourth-order valence-electron chi connectivity index (χ4n) is 2.17. The lowest BCUT2D eigenvalue weighted by atomic mass is 10.1. The molecule has 2 nitrogen and oxygen atoms in total. The number of nitrogens with zero attached hydrogens (tertiary/aromatic N) is 1. The molecule has 0 aromatic heterocycles. The van der Waals surface area contributed by atoms with Crippen molar-refractivity contribution in [1.82, 2.24) is 10.2 Å². The zero-order chi connectivity index (χ0) is 10.5. The average molecular weight is 204 g/mol. The normalized spacial score (nSPS) is 23.7. The summed E-state index contributed by atoms with van der Waals surface area (Å²) in [6, 6.07) is 10.7. The van der Waals surface area contributed by atoms with Crippen LogP contribution in [0.5, 0.6) is 0 Å². The van der Waals surface area contributed by atoms with E-state index in [-0.39, 0.29) is 0 Å². The summed E-state index contributed by atoms with van der Waals surface area (Å²) in [5.41, 5.74) is 1.42. The van der Waals surface area contributed by atoms with Gasteiger partial charge in [-0.3, -0.25) is 4.90 Å². The largest absolute Gasteiger partial charge is 0.315 e. The Kier molecular flexibility index (Phi) is 3.75. The van der Waals surface area contributed by atoms with E-state index in [1.165, 1.54) is 18.7 Å². The molecule has 1 heterocycles. The highest BCUT2D eigenvalue weighted by molar-refractivity contribution is 5.14. The summed E-state index contributed by atoms with van der Waals surface area (Å²) in [7, 11) is 0. The third kappa shape index (κ3) is 3.33. The zero-order valence-electron chi connectivity index (χ0n) is 9.45. The van der Waals surface area contributed by atoms with Gasteiger partial charge in [-0.1, -0.05) is 37.3 Å². The van der Waals surface area contributed by atoms with E-state index < -0.39 is 0 Å². The van der Waals surface area contributed by atoms with Gasteiger partial charge in [0, 0.05) is 26.2 Å². The molecule has 0 spiro atoms. The van der Waals surface area contributed by atoms with Crippen molar-refractivity contribution in [2.24, 2.45) is 5.92 Å². The fourth-order valence-corrected chi connectivity index (χ4v) is 2.17. The van der Waals surface area contributed by atoms with E-state index in [0.29, 0.717) is 0 Å². The summed E-state index contributed by atoms with van der Waals surface area (Å²) in [4.78, 5) is 2.54. The number of hydrogen-bond acceptors (Lipinski definition) is 2. The second-order valence-corrected chi connectivity index (χ2v) is 4.53. The predicted molar refractivity (Wildman–Crippen MR) is 63.8 cm³/mol. The molecule has 0 bridgehead atoms. The second kappa shape index (κ2) is 5.29. The molecule has 1 fully saturated rings. The van der Waals surface area contributed by atoms with Gasteiger partial charge < -0.3 is 5.32 Å². The van der Waals surface area contributed by atoms with E-state index in [0.717, 1.165) is 25.6 Å². The molecule has 0 saturated carbocycles. The third-order valence-corrected chi connectivity index (χ3v) is 2.92. The lowest BCUT2D eigenvalue weighted by Crippen LogP contribution is -2.28. The monoisotopic (exact) mass is 204 g/mol. The van der Waals surface area contributed by atoms with Crippen LogP contribution < -0.4 is 5.32 Å². The van der Waals surface area contributed by atoms with Crippen molar-refractivity contribution in [3.05, 3.63) is 35.9 Å². The minimum absolute atomic E-state index is 0.760. The summed E-state index contributed by atoms with van der Waals surface area (Å²) >= 11 is 0. The van der Waals surface area contributed by atoms with E-state index >= 15 is 0 Å². The lowest BCUT2D eigenvalue weighted by Gasteiger charge is -2.21. The van der Waals surface area contributed by atoms with Crippen LogP contribution in [-0.4, -0.2) is 31.1 Å². The Morgan fingerprint density at radius 1 is 1.33 bits per heavy atom. The maximum Gasteiger partial charge on any atom is 0.0234 e. The number of rotatable bonds is 2. The van der Waals surface area contributed by atoms with Gasteiger partial charge in [0.15, 0.2) is 0 Å². The highest BCUT2D eigenvalue weighted by atomic mass is 15.2. The molecule has 1 saturated heterocycles. The molecular weight excluding hydrogens is 184 g/mol. The van der Waals surface area contributed by atoms with Crippen molar-refractivity contribution in [3.8, 4) is 0 Å². The van der Waals surface area contributed by atoms with Gasteiger partial charge in [-0.25, -0.2) is 0 Å². The van der Waals surface area contributed by atoms with Gasteiger partial charge in [-0.15, -0.1) is 0 Å². The topological polar surface area (TPSA) is 15.3 Å². The molecule has 1 N–H and O–H groups in total. The molecule has 2 heteroatoms. The fraction of sp³-hybridized carbons (Fsp3) is 0.538. The average Bonchev–Trinajstić information content (AvgIpc) is 2.44. The summed E-state index contributed by atoms with van der Waals surface area (Å²) in [6.45, 7) is 8.06. The van der Waals surface area contributed by atoms with Gasteiger partial charge in [-0.2, -0.15) is 0 Å². The van der Waals surface area contributed by atoms with Crippen LogP contribution in [0.25, 0.3) is 0 Å². The van der Waals surface area contributed by atoms with Crippen molar-refractivity contribution >= 4 is 0 Å². The molecule has 2 rings (SSSR count). The van der Waals surface area contributed by atoms with Gasteiger partial charge in [0.05, 0.1) is 0 Å². The van der Waals surface area contributed by atoms with Crippen molar-refractivity contribution in [2.75, 3.05) is 26.2 Å². The smallest absolute Gasteiger partial charge is 0.0234 e. The SMILES string of the molecule is CC1CNCCN(Cc2ccccc2)C1. The highest BCUT2D eigenvalue weighted by Gasteiger charge is 2.13. The maximum atomic E-state index is 3.47. The number of nitrogens with one attached hydrogen (secondary N) is 1. The summed E-state index contributed by atoms with van der Waals surface area (Å²) in [5.74, 6) is 0.760. The molecule has 1 atom stereocenters. The van der Waals surface area contributed by atoms with E-state index in [2.05, 4.69) is 47.5 Å². The molecule has 0 radical (unpaired) electrons. The van der Waals surface area contributed by atoms with Crippen molar-refractivity contribution < 1.29 is 0 Å². The minimum Gasteiger partial charge on any atom is -0.315 e. The van der Waals surface area contributed by atoms with Gasteiger partial charge in [0.1, 0.15) is 0 Å². The predicted octanol–water partition coefficient (Wildman–Crippen LogP) is 1.73. The van der Waals surface area contributed by atoms with Crippen LogP contribution in [0.1, 0.15) is 12.5 Å². The van der Waals surface area contributed by atoms with Crippen LogP contribution in [0.4, 0.5) is 0 Å². The van der Waals surface area contributed by atoms with Gasteiger partial charge in [0.2, 0.25) is 0 Å². The van der Waals surface area contributed by atoms with Crippen LogP contribution >= 0.6 is 0 Å². The van der Waals surface area contributed by atoms with Crippen LogP contribution in [0, 0.1) is 5.92 Å². The van der Waals surface area contributed by atoms with E-state index in [1.807, 2.05) is 0 Å². The first kappa shape index (κ1) is 10.7. The van der Waals surface area contributed by atoms with Crippen molar-refractivity contribution in [2.45, 2.75) is 13.5 Å². The maximum absolute atomic E-state index is 3.47. The Morgan fingerprint density at radius 3 is 2.93 bits per heavy atom. The number of hydrogen-bond donors (Lipinski definition) is 1. The third-order valence-electron chi connectivity index (χ3n) is 2.92. The van der Waals surface area contributed by atoms with Gasteiger partial charge in [0.25, 0.3) is 0 Å². The summed E-state index contributed by atoms with van der Waals surface area (Å²) < 4.78 is 0. The van der Waals surface area contributed by atoms with Gasteiger partial charge in [-0.05, 0) is 18.0 Å². The molecule has 82 valence electrons. The Morgan fingerprint density at radius 2 is 2.13 bits per heavy atom. The first-order valence-corrected chi connectivity index (χ1v) is 5.81. The molecule has 0 amide bonds. The standard InChI is InChI=1S/C13H20N2/c1-12-9-14-7-8-15(10-12)11-13-5-3-2-4-6-13/h2-6,12,14H,7-11H2,1H3. The van der Waals surface area contributed by atoms with Crippen LogP contribution in [0.15, 0.2) is 30.3 Å². The lowest BCUT2D eigenvalue weighted by molar-refractivity contribution is 0.257. The molecule has 1 aliphatic heterocycles. The first-order valence-electron chi connectivity index (χ1n) is 5.81. The van der Waals surface area contributed by atoms with E-state index in [1.54, 1.807) is 0 Å². The summed E-state index contributed by atoms with van der Waals surface area (Å²) in [6.07, 6.45) is 0. The Bertz CT molecular complexity index is 284. The number of benzene rings is 1. The quantitative estimate of drug-likeness (QED) is 0.789. The second-order valence-electron chi connectivity index (χ2n) is 4.53. The van der Waals surface area contributed by atoms with Gasteiger partial charge >= 0.3 is 0 Å². The zero-order valence-corrected chi connectivity index (χ0v) is 9.45. The molecule has 15 heavy (non-hydrogen) atoms. The van der Waals surface area contributed by atoms with Crippen molar-refractivity contribution in [1.29, 1.82) is 0 Å². The Hall–Kier alpha value is -0.860.